The lowest BCUT2D eigenvalue weighted by atomic mass is 9.77. The number of ketones is 1. The smallest absolute Gasteiger partial charge is 0.343 e. The molecule has 31 heavy (non-hydrogen) atoms. The Hall–Kier alpha value is -3.01. The number of halogens is 1. The minimum Gasteiger partial charge on any atom is -0.493 e. The van der Waals surface area contributed by atoms with Crippen molar-refractivity contribution in [3.8, 4) is 11.5 Å². The third-order valence-electron chi connectivity index (χ3n) is 5.06. The molecule has 2 N–H and O–H groups in total. The third kappa shape index (κ3) is 4.39. The molecular formula is C21H22BrNO8. The van der Waals surface area contributed by atoms with Crippen molar-refractivity contribution in [2.45, 2.75) is 25.2 Å². The van der Waals surface area contributed by atoms with E-state index < -0.39 is 17.9 Å². The Morgan fingerprint density at radius 2 is 1.90 bits per heavy atom. The van der Waals surface area contributed by atoms with Crippen LogP contribution < -0.4 is 15.2 Å². The van der Waals surface area contributed by atoms with Gasteiger partial charge in [0.05, 0.1) is 27.2 Å². The van der Waals surface area contributed by atoms with E-state index in [2.05, 4.69) is 20.7 Å². The van der Waals surface area contributed by atoms with Gasteiger partial charge in [-0.2, -0.15) is 0 Å². The molecule has 0 unspecified atom stereocenters. The van der Waals surface area contributed by atoms with Crippen LogP contribution in [0.25, 0.3) is 0 Å². The average molecular weight is 496 g/mol. The Morgan fingerprint density at radius 1 is 1.16 bits per heavy atom. The van der Waals surface area contributed by atoms with Gasteiger partial charge in [-0.15, -0.1) is 0 Å². The van der Waals surface area contributed by atoms with Gasteiger partial charge in [-0.3, -0.25) is 4.79 Å². The fourth-order valence-electron chi connectivity index (χ4n) is 3.62. The number of rotatable bonds is 6. The Bertz CT molecular complexity index is 997. The number of ether oxygens (including phenoxy) is 5. The van der Waals surface area contributed by atoms with Crippen molar-refractivity contribution >= 4 is 33.7 Å². The monoisotopic (exact) mass is 495 g/mol. The Morgan fingerprint density at radius 3 is 2.55 bits per heavy atom. The highest BCUT2D eigenvalue weighted by atomic mass is 79.9. The molecule has 3 rings (SSSR count). The molecule has 0 aromatic heterocycles. The molecule has 1 aliphatic heterocycles. The van der Waals surface area contributed by atoms with E-state index in [9.17, 15) is 14.4 Å². The van der Waals surface area contributed by atoms with Gasteiger partial charge >= 0.3 is 11.9 Å². The summed E-state index contributed by atoms with van der Waals surface area (Å²) >= 11 is 3.48. The van der Waals surface area contributed by atoms with Crippen molar-refractivity contribution in [3.05, 3.63) is 45.0 Å². The SMILES string of the molecule is COC(=O)COc1cc(Br)c([C@H]2C(C(=O)OC)=C(N)OC3=C2C(=O)CCC3)cc1OC. The standard InChI is InChI=1S/C21H22BrNO8/c1-27-14-7-10(11(22)8-15(14)30-9-16(25)28-2)17-18-12(24)5-4-6-13(18)31-20(23)19(17)21(26)29-3/h7-8,17H,4-6,9,23H2,1-3H3/t17-/m1/s1. The van der Waals surface area contributed by atoms with Gasteiger partial charge in [0, 0.05) is 22.9 Å². The van der Waals surface area contributed by atoms with Crippen molar-refractivity contribution in [2.75, 3.05) is 27.9 Å². The topological polar surface area (TPSA) is 123 Å². The highest BCUT2D eigenvalue weighted by molar-refractivity contribution is 9.10. The van der Waals surface area contributed by atoms with Gasteiger partial charge in [0.15, 0.2) is 23.9 Å². The number of Topliss-reactive ketones (excluding diaryl/α,β-unsaturated/α-hetero) is 1. The van der Waals surface area contributed by atoms with Crippen molar-refractivity contribution in [1.29, 1.82) is 0 Å². The molecule has 166 valence electrons. The van der Waals surface area contributed by atoms with Gasteiger partial charge in [-0.05, 0) is 24.1 Å². The summed E-state index contributed by atoms with van der Waals surface area (Å²) in [5.74, 6) is -1.30. The van der Waals surface area contributed by atoms with Crippen molar-refractivity contribution < 1.29 is 38.1 Å². The number of methoxy groups -OCH3 is 3. The lowest BCUT2D eigenvalue weighted by Crippen LogP contribution is -2.31. The highest BCUT2D eigenvalue weighted by Gasteiger charge is 2.42. The van der Waals surface area contributed by atoms with Crippen LogP contribution in [0.1, 0.15) is 30.7 Å². The zero-order valence-corrected chi connectivity index (χ0v) is 18.9. The van der Waals surface area contributed by atoms with Crippen LogP contribution in [0.15, 0.2) is 39.4 Å². The summed E-state index contributed by atoms with van der Waals surface area (Å²) in [6.45, 7) is -0.316. The summed E-state index contributed by atoms with van der Waals surface area (Å²) in [5, 5.41) is 0. The molecule has 1 atom stereocenters. The maximum Gasteiger partial charge on any atom is 0.343 e. The lowest BCUT2D eigenvalue weighted by Gasteiger charge is -2.33. The molecule has 0 saturated carbocycles. The third-order valence-corrected chi connectivity index (χ3v) is 5.74. The van der Waals surface area contributed by atoms with Gasteiger partial charge in [0.25, 0.3) is 0 Å². The van der Waals surface area contributed by atoms with Crippen molar-refractivity contribution in [1.82, 2.24) is 0 Å². The molecule has 1 aromatic carbocycles. The highest BCUT2D eigenvalue weighted by Crippen LogP contribution is 2.48. The number of nitrogens with two attached hydrogens (primary N) is 1. The van der Waals surface area contributed by atoms with Crippen LogP contribution in [0.5, 0.6) is 11.5 Å². The second kappa shape index (κ2) is 9.42. The summed E-state index contributed by atoms with van der Waals surface area (Å²) < 4.78 is 26.5. The van der Waals surface area contributed by atoms with Gasteiger partial charge in [0.1, 0.15) is 11.3 Å². The van der Waals surface area contributed by atoms with E-state index in [0.717, 1.165) is 0 Å². The summed E-state index contributed by atoms with van der Waals surface area (Å²) in [6, 6.07) is 3.21. The van der Waals surface area contributed by atoms with E-state index >= 15 is 0 Å². The summed E-state index contributed by atoms with van der Waals surface area (Å²) in [6.07, 6.45) is 1.50. The number of benzene rings is 1. The van der Waals surface area contributed by atoms with Crippen LogP contribution >= 0.6 is 15.9 Å². The molecule has 0 radical (unpaired) electrons. The van der Waals surface area contributed by atoms with Gasteiger partial charge in [-0.25, -0.2) is 9.59 Å². The molecule has 0 fully saturated rings. The average Bonchev–Trinajstić information content (AvgIpc) is 2.76. The van der Waals surface area contributed by atoms with E-state index in [-0.39, 0.29) is 29.6 Å². The van der Waals surface area contributed by atoms with Crippen molar-refractivity contribution in [2.24, 2.45) is 5.73 Å². The fraction of sp³-hybridized carbons (Fsp3) is 0.381. The second-order valence-corrected chi connectivity index (χ2v) is 7.66. The molecule has 0 amide bonds. The molecule has 2 aliphatic rings. The van der Waals surface area contributed by atoms with Crippen LogP contribution in [0.4, 0.5) is 0 Å². The van der Waals surface area contributed by atoms with E-state index in [1.807, 2.05) is 0 Å². The number of esters is 2. The molecule has 9 nitrogen and oxygen atoms in total. The maximum atomic E-state index is 12.8. The lowest BCUT2D eigenvalue weighted by molar-refractivity contribution is -0.143. The molecule has 0 spiro atoms. The minimum atomic E-state index is -0.818. The first-order valence-corrected chi connectivity index (χ1v) is 10.2. The van der Waals surface area contributed by atoms with E-state index in [4.69, 9.17) is 24.7 Å². The zero-order valence-electron chi connectivity index (χ0n) is 17.3. The first-order chi connectivity index (χ1) is 14.8. The molecule has 1 heterocycles. The van der Waals surface area contributed by atoms with E-state index in [1.165, 1.54) is 21.3 Å². The Balaban J connectivity index is 2.15. The van der Waals surface area contributed by atoms with Crippen LogP contribution in [0.2, 0.25) is 0 Å². The first kappa shape index (κ1) is 22.7. The predicted molar refractivity (Wildman–Crippen MR) is 111 cm³/mol. The number of allylic oxidation sites excluding steroid dienone is 2. The molecular weight excluding hydrogens is 474 g/mol. The fourth-order valence-corrected chi connectivity index (χ4v) is 4.17. The number of hydrogen-bond acceptors (Lipinski definition) is 9. The number of carbonyl (C=O) groups excluding carboxylic acids is 3. The van der Waals surface area contributed by atoms with Gasteiger partial charge in [0.2, 0.25) is 5.88 Å². The van der Waals surface area contributed by atoms with Crippen LogP contribution in [-0.2, 0) is 28.6 Å². The largest absolute Gasteiger partial charge is 0.493 e. The Kier molecular flexibility index (Phi) is 6.89. The minimum absolute atomic E-state index is 0.0301. The quantitative estimate of drug-likeness (QED) is 0.592. The molecule has 1 aromatic rings. The van der Waals surface area contributed by atoms with Gasteiger partial charge < -0.3 is 29.4 Å². The summed E-state index contributed by atoms with van der Waals surface area (Å²) in [7, 11) is 3.92. The normalized spacial score (nSPS) is 18.2. The van der Waals surface area contributed by atoms with Crippen LogP contribution in [-0.4, -0.2) is 45.7 Å². The molecule has 10 heteroatoms. The molecule has 0 bridgehead atoms. The van der Waals surface area contributed by atoms with Crippen LogP contribution in [0, 0.1) is 0 Å². The van der Waals surface area contributed by atoms with Crippen LogP contribution in [0.3, 0.4) is 0 Å². The number of carbonyl (C=O) groups is 3. The van der Waals surface area contributed by atoms with Gasteiger partial charge in [-0.1, -0.05) is 15.9 Å². The second-order valence-electron chi connectivity index (χ2n) is 6.81. The first-order valence-electron chi connectivity index (χ1n) is 9.41. The summed E-state index contributed by atoms with van der Waals surface area (Å²) in [4.78, 5) is 36.9. The molecule has 1 aliphatic carbocycles. The van der Waals surface area contributed by atoms with Crippen molar-refractivity contribution in [3.63, 3.8) is 0 Å². The summed E-state index contributed by atoms with van der Waals surface area (Å²) in [5.41, 5.74) is 7.01. The maximum absolute atomic E-state index is 12.8. The zero-order chi connectivity index (χ0) is 22.7. The predicted octanol–water partition coefficient (Wildman–Crippen LogP) is 2.47. The van der Waals surface area contributed by atoms with E-state index in [0.29, 0.717) is 46.4 Å². The Labute approximate surface area is 187 Å². The number of hydrogen-bond donors (Lipinski definition) is 1. The van der Waals surface area contributed by atoms with E-state index in [1.54, 1.807) is 12.1 Å². The molecule has 0 saturated heterocycles.